The molecule has 0 spiro atoms. The van der Waals surface area contributed by atoms with Crippen LogP contribution in [0.5, 0.6) is 0 Å². The van der Waals surface area contributed by atoms with E-state index in [9.17, 15) is 9.59 Å². The van der Waals surface area contributed by atoms with Gasteiger partial charge in [0.1, 0.15) is 5.60 Å². The number of nitrogens with zero attached hydrogens (tertiary/aromatic N) is 2. The molecule has 0 aromatic carbocycles. The molecule has 0 aliphatic rings. The molecule has 0 atom stereocenters. The minimum Gasteiger partial charge on any atom is -0.465 e. The second-order valence-electron chi connectivity index (χ2n) is 5.25. The number of rotatable bonds is 4. The topological polar surface area (TPSA) is 68.7 Å². The third-order valence-electron chi connectivity index (χ3n) is 2.16. The first-order valence-corrected chi connectivity index (χ1v) is 7.11. The van der Waals surface area contributed by atoms with Gasteiger partial charge in [0.05, 0.1) is 12.3 Å². The monoisotopic (exact) mass is 300 g/mol. The summed E-state index contributed by atoms with van der Waals surface area (Å²) in [5, 5.41) is 2.39. The van der Waals surface area contributed by atoms with Crippen molar-refractivity contribution in [3.63, 3.8) is 0 Å². The number of carbonyl (C=O) groups is 2. The number of anilines is 1. The first-order valence-electron chi connectivity index (χ1n) is 6.23. The van der Waals surface area contributed by atoms with Crippen molar-refractivity contribution in [2.45, 2.75) is 39.7 Å². The Bertz CT molecular complexity index is 479. The molecule has 7 heteroatoms. The van der Waals surface area contributed by atoms with Crippen molar-refractivity contribution >= 4 is 28.5 Å². The molecular weight excluding hydrogens is 280 g/mol. The molecule has 0 saturated carbocycles. The Labute approximate surface area is 122 Å². The van der Waals surface area contributed by atoms with Gasteiger partial charge in [-0.1, -0.05) is 0 Å². The van der Waals surface area contributed by atoms with Crippen molar-refractivity contribution < 1.29 is 19.1 Å². The van der Waals surface area contributed by atoms with Crippen LogP contribution in [0.25, 0.3) is 0 Å². The molecule has 1 rings (SSSR count). The molecule has 6 nitrogen and oxygen atoms in total. The Morgan fingerprint density at radius 2 is 2.05 bits per heavy atom. The van der Waals surface area contributed by atoms with E-state index in [1.807, 2.05) is 26.2 Å². The normalized spacial score (nSPS) is 11.1. The van der Waals surface area contributed by atoms with E-state index in [1.54, 1.807) is 7.05 Å². The van der Waals surface area contributed by atoms with Crippen molar-refractivity contribution in [1.29, 1.82) is 0 Å². The van der Waals surface area contributed by atoms with Gasteiger partial charge in [0.15, 0.2) is 5.13 Å². The van der Waals surface area contributed by atoms with Crippen LogP contribution in [0.15, 0.2) is 5.38 Å². The van der Waals surface area contributed by atoms with E-state index in [1.165, 1.54) is 23.2 Å². The highest BCUT2D eigenvalue weighted by molar-refractivity contribution is 7.14. The first-order chi connectivity index (χ1) is 9.19. The molecule has 0 bridgehead atoms. The standard InChI is InChI=1S/C13H20N2O4S/c1-9(16)18-7-6-10-8-20-11(14-10)15(5)12(17)19-13(2,3)4/h8H,6-7H2,1-5H3. The van der Waals surface area contributed by atoms with Gasteiger partial charge in [0.25, 0.3) is 0 Å². The van der Waals surface area contributed by atoms with Gasteiger partial charge in [-0.3, -0.25) is 9.69 Å². The SMILES string of the molecule is CC(=O)OCCc1csc(N(C)C(=O)OC(C)(C)C)n1. The largest absolute Gasteiger partial charge is 0.465 e. The highest BCUT2D eigenvalue weighted by Crippen LogP contribution is 2.21. The van der Waals surface area contributed by atoms with E-state index < -0.39 is 11.7 Å². The predicted molar refractivity (Wildman–Crippen MR) is 77.1 cm³/mol. The maximum atomic E-state index is 11.9. The zero-order valence-electron chi connectivity index (χ0n) is 12.4. The fraction of sp³-hybridized carbons (Fsp3) is 0.615. The number of aromatic nitrogens is 1. The van der Waals surface area contributed by atoms with Crippen LogP contribution in [0.3, 0.4) is 0 Å². The summed E-state index contributed by atoms with van der Waals surface area (Å²) in [4.78, 5) is 28.2. The van der Waals surface area contributed by atoms with Crippen LogP contribution in [-0.4, -0.2) is 36.3 Å². The van der Waals surface area contributed by atoms with Gasteiger partial charge in [0.2, 0.25) is 0 Å². The van der Waals surface area contributed by atoms with Crippen LogP contribution < -0.4 is 4.90 Å². The number of amides is 1. The minimum absolute atomic E-state index is 0.286. The summed E-state index contributed by atoms with van der Waals surface area (Å²) >= 11 is 1.34. The molecule has 0 unspecified atom stereocenters. The summed E-state index contributed by atoms with van der Waals surface area (Å²) in [5.41, 5.74) is 0.238. The Morgan fingerprint density at radius 3 is 2.60 bits per heavy atom. The molecule has 1 aromatic rings. The van der Waals surface area contributed by atoms with Gasteiger partial charge in [-0.2, -0.15) is 0 Å². The summed E-state index contributed by atoms with van der Waals surface area (Å²) < 4.78 is 10.1. The molecule has 0 fully saturated rings. The lowest BCUT2D eigenvalue weighted by Gasteiger charge is -2.23. The van der Waals surface area contributed by atoms with E-state index >= 15 is 0 Å². The zero-order valence-corrected chi connectivity index (χ0v) is 13.2. The molecule has 0 saturated heterocycles. The number of esters is 1. The Hall–Kier alpha value is -1.63. The second kappa shape index (κ2) is 6.69. The minimum atomic E-state index is -0.541. The van der Waals surface area contributed by atoms with Crippen LogP contribution in [0.1, 0.15) is 33.4 Å². The van der Waals surface area contributed by atoms with Gasteiger partial charge < -0.3 is 9.47 Å². The maximum Gasteiger partial charge on any atom is 0.416 e. The average Bonchev–Trinajstić information content (AvgIpc) is 2.73. The smallest absolute Gasteiger partial charge is 0.416 e. The van der Waals surface area contributed by atoms with E-state index in [0.717, 1.165) is 5.69 Å². The summed E-state index contributed by atoms with van der Waals surface area (Å²) in [6, 6.07) is 0. The number of hydrogen-bond acceptors (Lipinski definition) is 6. The molecule has 112 valence electrons. The van der Waals surface area contributed by atoms with E-state index in [2.05, 4.69) is 4.98 Å². The Morgan fingerprint density at radius 1 is 1.40 bits per heavy atom. The maximum absolute atomic E-state index is 11.9. The zero-order chi connectivity index (χ0) is 15.3. The van der Waals surface area contributed by atoms with Crippen molar-refractivity contribution in [2.75, 3.05) is 18.6 Å². The van der Waals surface area contributed by atoms with Crippen LogP contribution in [-0.2, 0) is 20.7 Å². The molecular formula is C13H20N2O4S. The number of carbonyl (C=O) groups excluding carboxylic acids is 2. The van der Waals surface area contributed by atoms with Gasteiger partial charge >= 0.3 is 12.1 Å². The van der Waals surface area contributed by atoms with Gasteiger partial charge in [-0.15, -0.1) is 11.3 Å². The van der Waals surface area contributed by atoms with E-state index in [0.29, 0.717) is 11.6 Å². The highest BCUT2D eigenvalue weighted by atomic mass is 32.1. The summed E-state index contributed by atoms with van der Waals surface area (Å²) in [5.74, 6) is -0.314. The van der Waals surface area contributed by atoms with Crippen molar-refractivity contribution in [3.05, 3.63) is 11.1 Å². The fourth-order valence-electron chi connectivity index (χ4n) is 1.27. The van der Waals surface area contributed by atoms with Gasteiger partial charge in [-0.25, -0.2) is 9.78 Å². The van der Waals surface area contributed by atoms with Gasteiger partial charge in [0, 0.05) is 25.8 Å². The molecule has 1 aromatic heterocycles. The molecule has 20 heavy (non-hydrogen) atoms. The van der Waals surface area contributed by atoms with Crippen molar-refractivity contribution in [3.8, 4) is 0 Å². The molecule has 0 N–H and O–H groups in total. The van der Waals surface area contributed by atoms with Crippen LogP contribution >= 0.6 is 11.3 Å². The summed E-state index contributed by atoms with van der Waals surface area (Å²) in [6.07, 6.45) is 0.0801. The third kappa shape index (κ3) is 5.56. The van der Waals surface area contributed by atoms with Crippen molar-refractivity contribution in [2.24, 2.45) is 0 Å². The number of thiazole rings is 1. The molecule has 0 radical (unpaired) electrons. The van der Waals surface area contributed by atoms with E-state index in [4.69, 9.17) is 9.47 Å². The van der Waals surface area contributed by atoms with Crippen LogP contribution in [0.4, 0.5) is 9.93 Å². The summed E-state index contributed by atoms with van der Waals surface area (Å²) in [7, 11) is 1.61. The molecule has 0 aliphatic carbocycles. The predicted octanol–water partition coefficient (Wildman–Crippen LogP) is 2.62. The lowest BCUT2D eigenvalue weighted by molar-refractivity contribution is -0.140. The van der Waals surface area contributed by atoms with Crippen LogP contribution in [0, 0.1) is 0 Å². The molecule has 1 heterocycles. The fourth-order valence-corrected chi connectivity index (χ4v) is 2.09. The Kier molecular flexibility index (Phi) is 5.50. The van der Waals surface area contributed by atoms with Crippen molar-refractivity contribution in [1.82, 2.24) is 4.98 Å². The van der Waals surface area contributed by atoms with Gasteiger partial charge in [-0.05, 0) is 20.8 Å². The third-order valence-corrected chi connectivity index (χ3v) is 3.12. The lowest BCUT2D eigenvalue weighted by Crippen LogP contribution is -2.34. The Balaban J connectivity index is 2.57. The summed E-state index contributed by atoms with van der Waals surface area (Å²) in [6.45, 7) is 7.08. The molecule has 1 amide bonds. The second-order valence-corrected chi connectivity index (χ2v) is 6.09. The first kappa shape index (κ1) is 16.4. The van der Waals surface area contributed by atoms with E-state index in [-0.39, 0.29) is 12.6 Å². The average molecular weight is 300 g/mol. The molecule has 0 aliphatic heterocycles. The number of ether oxygens (including phenoxy) is 2. The number of hydrogen-bond donors (Lipinski definition) is 0. The van der Waals surface area contributed by atoms with Crippen LogP contribution in [0.2, 0.25) is 0 Å². The highest BCUT2D eigenvalue weighted by Gasteiger charge is 2.22. The lowest BCUT2D eigenvalue weighted by atomic mass is 10.2. The quantitative estimate of drug-likeness (QED) is 0.799.